The predicted molar refractivity (Wildman–Crippen MR) is 126 cm³/mol. The highest BCUT2D eigenvalue weighted by molar-refractivity contribution is 5.80. The first kappa shape index (κ1) is 21.2. The van der Waals surface area contributed by atoms with Crippen molar-refractivity contribution in [3.8, 4) is 0 Å². The Hall–Kier alpha value is -3.02. The normalized spacial score (nSPS) is 17.4. The molecule has 2 saturated heterocycles. The van der Waals surface area contributed by atoms with Crippen LogP contribution in [0.3, 0.4) is 0 Å². The number of likely N-dealkylation sites (tertiary alicyclic amines) is 1. The smallest absolute Gasteiger partial charge is 0.222 e. The average molecular weight is 420 g/mol. The lowest BCUT2D eigenvalue weighted by Gasteiger charge is -2.37. The highest BCUT2D eigenvalue weighted by Gasteiger charge is 2.22. The minimum atomic E-state index is 0.267. The summed E-state index contributed by atoms with van der Waals surface area (Å²) in [4.78, 5) is 23.8. The van der Waals surface area contributed by atoms with Crippen molar-refractivity contribution in [3.05, 3.63) is 65.7 Å². The fraction of sp³-hybridized carbons (Fsp3) is 0.440. The monoisotopic (exact) mass is 419 g/mol. The van der Waals surface area contributed by atoms with Gasteiger partial charge in [-0.3, -0.25) is 4.79 Å². The topological polar surface area (TPSA) is 51.2 Å². The van der Waals surface area contributed by atoms with Crippen molar-refractivity contribution in [3.63, 3.8) is 0 Å². The number of para-hydroxylation sites is 1. The molecule has 2 heterocycles. The Bertz CT molecular complexity index is 890. The summed E-state index contributed by atoms with van der Waals surface area (Å²) in [5.74, 6) is 1.24. The van der Waals surface area contributed by atoms with Gasteiger partial charge < -0.3 is 20.0 Å². The van der Waals surface area contributed by atoms with E-state index in [9.17, 15) is 4.79 Å². The molecule has 4 rings (SSSR count). The third-order valence-corrected chi connectivity index (χ3v) is 6.09. The Morgan fingerprint density at radius 2 is 1.65 bits per heavy atom. The third-order valence-electron chi connectivity index (χ3n) is 6.09. The van der Waals surface area contributed by atoms with Crippen LogP contribution < -0.4 is 10.2 Å². The fourth-order valence-corrected chi connectivity index (χ4v) is 4.34. The van der Waals surface area contributed by atoms with Gasteiger partial charge in [-0.05, 0) is 36.6 Å². The van der Waals surface area contributed by atoms with Crippen molar-refractivity contribution in [2.24, 2.45) is 4.99 Å². The van der Waals surface area contributed by atoms with Crippen LogP contribution in [0.1, 0.15) is 30.9 Å². The van der Waals surface area contributed by atoms with Gasteiger partial charge in [-0.25, -0.2) is 4.99 Å². The van der Waals surface area contributed by atoms with E-state index in [4.69, 9.17) is 4.99 Å². The second-order valence-corrected chi connectivity index (χ2v) is 8.17. The first-order valence-corrected chi connectivity index (χ1v) is 11.4. The maximum absolute atomic E-state index is 12.1. The van der Waals surface area contributed by atoms with E-state index in [1.165, 1.54) is 16.8 Å². The number of piperazine rings is 1. The molecule has 31 heavy (non-hydrogen) atoms. The minimum Gasteiger partial charge on any atom is -0.368 e. The molecule has 6 heteroatoms. The summed E-state index contributed by atoms with van der Waals surface area (Å²) in [5.41, 5.74) is 3.68. The number of carbonyl (C=O) groups is 1. The van der Waals surface area contributed by atoms with Crippen molar-refractivity contribution in [1.29, 1.82) is 0 Å². The van der Waals surface area contributed by atoms with E-state index >= 15 is 0 Å². The van der Waals surface area contributed by atoms with Gasteiger partial charge in [-0.15, -0.1) is 0 Å². The fourth-order valence-electron chi connectivity index (χ4n) is 4.34. The van der Waals surface area contributed by atoms with E-state index in [1.807, 2.05) is 4.90 Å². The standard InChI is InChI=1S/C25H33N5O/c1-2-26-25(29-17-15-28(16-18-29)23-11-4-3-5-12-23)27-19-21-9-6-7-10-22(21)20-30-14-8-13-24(30)31/h3-7,9-12H,2,8,13-20H2,1H3,(H,26,27). The maximum atomic E-state index is 12.1. The molecule has 2 aromatic carbocycles. The van der Waals surface area contributed by atoms with Gasteiger partial charge in [0.15, 0.2) is 5.96 Å². The van der Waals surface area contributed by atoms with Crippen LogP contribution in [0.4, 0.5) is 5.69 Å². The molecule has 0 unspecified atom stereocenters. The summed E-state index contributed by atoms with van der Waals surface area (Å²) in [6, 6.07) is 19.0. The van der Waals surface area contributed by atoms with Crippen LogP contribution in [0.15, 0.2) is 59.6 Å². The number of anilines is 1. The number of guanidine groups is 1. The van der Waals surface area contributed by atoms with Gasteiger partial charge in [0.05, 0.1) is 6.54 Å². The van der Waals surface area contributed by atoms with Crippen LogP contribution in [-0.4, -0.2) is 60.9 Å². The molecule has 0 atom stereocenters. The molecule has 0 bridgehead atoms. The second kappa shape index (κ2) is 10.3. The van der Waals surface area contributed by atoms with Crippen LogP contribution >= 0.6 is 0 Å². The lowest BCUT2D eigenvalue weighted by atomic mass is 10.1. The quantitative estimate of drug-likeness (QED) is 0.578. The van der Waals surface area contributed by atoms with Gasteiger partial charge in [-0.2, -0.15) is 0 Å². The summed E-state index contributed by atoms with van der Waals surface area (Å²) in [6.45, 7) is 9.02. The van der Waals surface area contributed by atoms with E-state index in [2.05, 4.69) is 76.6 Å². The molecule has 1 amide bonds. The number of hydrogen-bond donors (Lipinski definition) is 1. The van der Waals surface area contributed by atoms with Crippen molar-refractivity contribution in [2.75, 3.05) is 44.2 Å². The molecule has 2 aliphatic rings. The van der Waals surface area contributed by atoms with Gasteiger partial charge >= 0.3 is 0 Å². The third kappa shape index (κ3) is 5.37. The SMILES string of the molecule is CCNC(=NCc1ccccc1CN1CCCC1=O)N1CCN(c2ccccc2)CC1. The molecule has 2 aliphatic heterocycles. The van der Waals surface area contributed by atoms with Gasteiger partial charge in [-0.1, -0.05) is 42.5 Å². The number of amides is 1. The summed E-state index contributed by atoms with van der Waals surface area (Å²) in [5, 5.41) is 3.47. The molecule has 0 aliphatic carbocycles. The summed E-state index contributed by atoms with van der Waals surface area (Å²) >= 11 is 0. The van der Waals surface area contributed by atoms with Crippen molar-refractivity contribution in [2.45, 2.75) is 32.9 Å². The average Bonchev–Trinajstić information content (AvgIpc) is 3.22. The molecular formula is C25H33N5O. The van der Waals surface area contributed by atoms with E-state index < -0.39 is 0 Å². The molecule has 0 saturated carbocycles. The zero-order valence-electron chi connectivity index (χ0n) is 18.5. The zero-order valence-corrected chi connectivity index (χ0v) is 18.5. The molecule has 0 spiro atoms. The highest BCUT2D eigenvalue weighted by Crippen LogP contribution is 2.19. The Morgan fingerprint density at radius 3 is 2.32 bits per heavy atom. The van der Waals surface area contributed by atoms with E-state index in [0.717, 1.165) is 51.6 Å². The van der Waals surface area contributed by atoms with Gasteiger partial charge in [0.1, 0.15) is 0 Å². The van der Waals surface area contributed by atoms with Crippen LogP contribution in [0, 0.1) is 0 Å². The number of aliphatic imine (C=N–C) groups is 1. The van der Waals surface area contributed by atoms with Crippen molar-refractivity contribution in [1.82, 2.24) is 15.1 Å². The first-order chi connectivity index (χ1) is 15.2. The molecule has 0 radical (unpaired) electrons. The zero-order chi connectivity index (χ0) is 21.5. The number of hydrogen-bond acceptors (Lipinski definition) is 3. The van der Waals surface area contributed by atoms with Crippen LogP contribution in [0.2, 0.25) is 0 Å². The van der Waals surface area contributed by atoms with Crippen LogP contribution in [0.5, 0.6) is 0 Å². The molecule has 2 fully saturated rings. The molecular weight excluding hydrogens is 386 g/mol. The maximum Gasteiger partial charge on any atom is 0.222 e. The summed E-state index contributed by atoms with van der Waals surface area (Å²) in [6.07, 6.45) is 1.65. The largest absolute Gasteiger partial charge is 0.368 e. The molecule has 2 aromatic rings. The Balaban J connectivity index is 1.41. The number of rotatable bonds is 6. The molecule has 164 valence electrons. The van der Waals surface area contributed by atoms with E-state index in [1.54, 1.807) is 0 Å². The Morgan fingerprint density at radius 1 is 0.935 bits per heavy atom. The highest BCUT2D eigenvalue weighted by atomic mass is 16.2. The Labute approximate surface area is 185 Å². The van der Waals surface area contributed by atoms with Crippen molar-refractivity contribution < 1.29 is 4.79 Å². The number of benzene rings is 2. The Kier molecular flexibility index (Phi) is 7.07. The summed E-state index contributed by atoms with van der Waals surface area (Å²) < 4.78 is 0. The lowest BCUT2D eigenvalue weighted by molar-refractivity contribution is -0.128. The van der Waals surface area contributed by atoms with Crippen LogP contribution in [0.25, 0.3) is 0 Å². The lowest BCUT2D eigenvalue weighted by Crippen LogP contribution is -2.52. The van der Waals surface area contributed by atoms with Crippen molar-refractivity contribution >= 4 is 17.6 Å². The van der Waals surface area contributed by atoms with Gasteiger partial charge in [0, 0.05) is 57.9 Å². The van der Waals surface area contributed by atoms with E-state index in [0.29, 0.717) is 19.5 Å². The minimum absolute atomic E-state index is 0.267. The number of carbonyl (C=O) groups excluding carboxylic acids is 1. The molecule has 6 nitrogen and oxygen atoms in total. The number of nitrogens with zero attached hydrogens (tertiary/aromatic N) is 4. The molecule has 1 N–H and O–H groups in total. The summed E-state index contributed by atoms with van der Waals surface area (Å²) in [7, 11) is 0. The predicted octanol–water partition coefficient (Wildman–Crippen LogP) is 3.10. The van der Waals surface area contributed by atoms with Crippen LogP contribution in [-0.2, 0) is 17.9 Å². The van der Waals surface area contributed by atoms with Gasteiger partial charge in [0.25, 0.3) is 0 Å². The second-order valence-electron chi connectivity index (χ2n) is 8.17. The van der Waals surface area contributed by atoms with Gasteiger partial charge in [0.2, 0.25) is 5.91 Å². The van der Waals surface area contributed by atoms with E-state index in [-0.39, 0.29) is 5.91 Å². The number of nitrogens with one attached hydrogen (secondary N) is 1. The first-order valence-electron chi connectivity index (χ1n) is 11.4. The molecule has 0 aromatic heterocycles.